The quantitative estimate of drug-likeness (QED) is 0.668. The van der Waals surface area contributed by atoms with Crippen LogP contribution in [0.3, 0.4) is 0 Å². The molecule has 0 spiro atoms. The summed E-state index contributed by atoms with van der Waals surface area (Å²) in [5.74, 6) is -0.240. The Morgan fingerprint density at radius 3 is 2.57 bits per heavy atom. The summed E-state index contributed by atoms with van der Waals surface area (Å²) >= 11 is 0. The minimum Gasteiger partial charge on any atom is -0.379 e. The number of nitrogens with one attached hydrogen (secondary N) is 1. The molecule has 114 valence electrons. The normalized spacial score (nSPS) is 16.0. The number of nitrogens with zero attached hydrogens (tertiary/aromatic N) is 2. The van der Waals surface area contributed by atoms with Gasteiger partial charge in [-0.05, 0) is 30.4 Å². The number of nitro benzene ring substituents is 1. The van der Waals surface area contributed by atoms with Crippen LogP contribution in [0.5, 0.6) is 0 Å². The van der Waals surface area contributed by atoms with Crippen LogP contribution in [0, 0.1) is 15.5 Å². The van der Waals surface area contributed by atoms with Gasteiger partial charge in [0.2, 0.25) is 0 Å². The third-order valence-corrected chi connectivity index (χ3v) is 4.11. The van der Waals surface area contributed by atoms with Gasteiger partial charge in [0, 0.05) is 32.3 Å². The van der Waals surface area contributed by atoms with E-state index in [-0.39, 0.29) is 17.0 Å². The van der Waals surface area contributed by atoms with E-state index in [1.54, 1.807) is 26.2 Å². The smallest absolute Gasteiger partial charge is 0.293 e. The van der Waals surface area contributed by atoms with E-state index in [0.717, 1.165) is 19.4 Å². The van der Waals surface area contributed by atoms with Crippen LogP contribution in [0.1, 0.15) is 36.5 Å². The van der Waals surface area contributed by atoms with Crippen LogP contribution in [0.25, 0.3) is 0 Å². The molecule has 21 heavy (non-hydrogen) atoms. The summed E-state index contributed by atoms with van der Waals surface area (Å²) in [6.45, 7) is 2.90. The molecule has 0 aliphatic heterocycles. The Kier molecular flexibility index (Phi) is 4.16. The fourth-order valence-corrected chi connectivity index (χ4v) is 2.49. The number of carbonyl (C=O) groups is 1. The zero-order valence-corrected chi connectivity index (χ0v) is 12.7. The van der Waals surface area contributed by atoms with Crippen molar-refractivity contribution >= 4 is 17.3 Å². The van der Waals surface area contributed by atoms with Crippen molar-refractivity contribution in [3.05, 3.63) is 33.9 Å². The number of nitro groups is 1. The predicted molar refractivity (Wildman–Crippen MR) is 81.6 cm³/mol. The van der Waals surface area contributed by atoms with Gasteiger partial charge in [-0.25, -0.2) is 0 Å². The van der Waals surface area contributed by atoms with Gasteiger partial charge in [0.05, 0.1) is 4.92 Å². The van der Waals surface area contributed by atoms with Crippen LogP contribution in [0.2, 0.25) is 0 Å². The number of amides is 1. The molecule has 1 N–H and O–H groups in total. The molecule has 0 heterocycles. The number of carbonyl (C=O) groups excluding carboxylic acids is 1. The van der Waals surface area contributed by atoms with Gasteiger partial charge in [0.25, 0.3) is 11.6 Å². The maximum Gasteiger partial charge on any atom is 0.293 e. The Balaban J connectivity index is 2.20. The van der Waals surface area contributed by atoms with Crippen molar-refractivity contribution in [3.8, 4) is 0 Å². The van der Waals surface area contributed by atoms with E-state index in [4.69, 9.17) is 0 Å². The summed E-state index contributed by atoms with van der Waals surface area (Å²) in [5.41, 5.74) is 0.979. The minimum atomic E-state index is -0.447. The van der Waals surface area contributed by atoms with Gasteiger partial charge in [-0.3, -0.25) is 14.9 Å². The second kappa shape index (κ2) is 5.71. The van der Waals surface area contributed by atoms with Gasteiger partial charge in [0.15, 0.2) is 0 Å². The zero-order valence-electron chi connectivity index (χ0n) is 12.7. The topological polar surface area (TPSA) is 75.5 Å². The van der Waals surface area contributed by atoms with E-state index >= 15 is 0 Å². The molecule has 1 aliphatic carbocycles. The lowest BCUT2D eigenvalue weighted by molar-refractivity contribution is -0.384. The molecule has 1 saturated carbocycles. The van der Waals surface area contributed by atoms with Crippen LogP contribution >= 0.6 is 0 Å². The molecule has 0 unspecified atom stereocenters. The fraction of sp³-hybridized carbons (Fsp3) is 0.533. The number of benzene rings is 1. The maximum atomic E-state index is 11.9. The molecule has 0 bridgehead atoms. The summed E-state index contributed by atoms with van der Waals surface area (Å²) in [7, 11) is 3.25. The lowest BCUT2D eigenvalue weighted by Crippen LogP contribution is -2.33. The number of anilines is 1. The second-order valence-corrected chi connectivity index (χ2v) is 6.21. The molecule has 1 amide bonds. The van der Waals surface area contributed by atoms with Crippen LogP contribution in [0.4, 0.5) is 11.4 Å². The first-order chi connectivity index (χ1) is 9.82. The van der Waals surface area contributed by atoms with Crippen molar-refractivity contribution in [2.24, 2.45) is 5.41 Å². The fourth-order valence-electron chi connectivity index (χ4n) is 2.49. The predicted octanol–water partition coefficient (Wildman–Crippen LogP) is 2.90. The largest absolute Gasteiger partial charge is 0.379 e. The lowest BCUT2D eigenvalue weighted by atomic mass is 9.70. The van der Waals surface area contributed by atoms with E-state index in [2.05, 4.69) is 12.2 Å². The first-order valence-corrected chi connectivity index (χ1v) is 7.06. The summed E-state index contributed by atoms with van der Waals surface area (Å²) in [6, 6.07) is 4.59. The van der Waals surface area contributed by atoms with Gasteiger partial charge < -0.3 is 10.2 Å². The van der Waals surface area contributed by atoms with Crippen LogP contribution in [0.15, 0.2) is 18.2 Å². The monoisotopic (exact) mass is 291 g/mol. The van der Waals surface area contributed by atoms with Gasteiger partial charge >= 0.3 is 0 Å². The molecular weight excluding hydrogens is 270 g/mol. The molecule has 2 rings (SSSR count). The highest BCUT2D eigenvalue weighted by atomic mass is 16.6. The molecule has 1 fully saturated rings. The summed E-state index contributed by atoms with van der Waals surface area (Å²) in [4.78, 5) is 24.1. The van der Waals surface area contributed by atoms with E-state index in [1.807, 2.05) is 0 Å². The zero-order chi connectivity index (χ0) is 15.6. The lowest BCUT2D eigenvalue weighted by Gasteiger charge is -2.38. The van der Waals surface area contributed by atoms with Crippen molar-refractivity contribution in [1.82, 2.24) is 4.90 Å². The second-order valence-electron chi connectivity index (χ2n) is 6.21. The first kappa shape index (κ1) is 15.3. The summed E-state index contributed by atoms with van der Waals surface area (Å²) < 4.78 is 0. The Morgan fingerprint density at radius 2 is 2.10 bits per heavy atom. The van der Waals surface area contributed by atoms with Crippen molar-refractivity contribution < 1.29 is 9.72 Å². The van der Waals surface area contributed by atoms with E-state index in [9.17, 15) is 14.9 Å². The average Bonchev–Trinajstić information content (AvgIpc) is 2.41. The molecule has 6 nitrogen and oxygen atoms in total. The van der Waals surface area contributed by atoms with Crippen molar-refractivity contribution in [2.75, 3.05) is 26.0 Å². The van der Waals surface area contributed by atoms with E-state index in [0.29, 0.717) is 11.3 Å². The van der Waals surface area contributed by atoms with Crippen LogP contribution < -0.4 is 5.32 Å². The summed E-state index contributed by atoms with van der Waals surface area (Å²) in [5, 5.41) is 14.4. The van der Waals surface area contributed by atoms with E-state index in [1.165, 1.54) is 17.4 Å². The Bertz CT molecular complexity index is 565. The molecule has 1 aliphatic rings. The van der Waals surface area contributed by atoms with Crippen molar-refractivity contribution in [2.45, 2.75) is 26.2 Å². The minimum absolute atomic E-state index is 0.0503. The Hall–Kier alpha value is -2.11. The third-order valence-electron chi connectivity index (χ3n) is 4.11. The highest BCUT2D eigenvalue weighted by Gasteiger charge is 2.32. The highest BCUT2D eigenvalue weighted by Crippen LogP contribution is 2.40. The average molecular weight is 291 g/mol. The first-order valence-electron chi connectivity index (χ1n) is 7.06. The van der Waals surface area contributed by atoms with Gasteiger partial charge in [0.1, 0.15) is 5.69 Å². The van der Waals surface area contributed by atoms with Crippen molar-refractivity contribution in [3.63, 3.8) is 0 Å². The standard InChI is InChI=1S/C15H21N3O3/c1-15(7-4-8-15)10-16-12-6-5-11(14(19)17(2)3)9-13(12)18(20)21/h5-6,9,16H,4,7-8,10H2,1-3H3. The number of hydrogen-bond acceptors (Lipinski definition) is 4. The van der Waals surface area contributed by atoms with Gasteiger partial charge in [-0.2, -0.15) is 0 Å². The molecule has 0 atom stereocenters. The maximum absolute atomic E-state index is 11.9. The van der Waals surface area contributed by atoms with Crippen LogP contribution in [-0.4, -0.2) is 36.4 Å². The Labute approximate surface area is 124 Å². The molecule has 1 aromatic carbocycles. The highest BCUT2D eigenvalue weighted by molar-refractivity contribution is 5.95. The molecule has 0 radical (unpaired) electrons. The SMILES string of the molecule is CN(C)C(=O)c1ccc(NCC2(C)CCC2)c([N+](=O)[O-])c1. The molecule has 1 aromatic rings. The molecule has 0 saturated heterocycles. The molecule has 0 aromatic heterocycles. The molecular formula is C15H21N3O3. The Morgan fingerprint density at radius 1 is 1.43 bits per heavy atom. The number of rotatable bonds is 5. The van der Waals surface area contributed by atoms with Crippen LogP contribution in [-0.2, 0) is 0 Å². The molecule has 6 heteroatoms. The number of hydrogen-bond donors (Lipinski definition) is 1. The van der Waals surface area contributed by atoms with Gasteiger partial charge in [-0.1, -0.05) is 13.3 Å². The van der Waals surface area contributed by atoms with Gasteiger partial charge in [-0.15, -0.1) is 0 Å². The summed E-state index contributed by atoms with van der Waals surface area (Å²) in [6.07, 6.45) is 3.51. The van der Waals surface area contributed by atoms with Crippen molar-refractivity contribution in [1.29, 1.82) is 0 Å². The third kappa shape index (κ3) is 3.32. The van der Waals surface area contributed by atoms with E-state index < -0.39 is 4.92 Å².